The number of halogens is 1. The van der Waals surface area contributed by atoms with E-state index in [2.05, 4.69) is 20.6 Å². The molecular weight excluding hydrogens is 401 g/mol. The summed E-state index contributed by atoms with van der Waals surface area (Å²) in [7, 11) is 0. The Hall–Kier alpha value is -2.21. The zero-order valence-electron chi connectivity index (χ0n) is 15.7. The number of aliphatic hydroxyl groups excluding tert-OH is 2. The molecule has 0 saturated carbocycles. The molecule has 0 amide bonds. The number of hydrogen-bond donors (Lipinski definition) is 3. The number of nitrogens with zero attached hydrogens (tertiary/aromatic N) is 4. The fourth-order valence-corrected chi connectivity index (χ4v) is 4.44. The Labute approximate surface area is 170 Å². The average Bonchev–Trinajstić information content (AvgIpc) is 3.31. The van der Waals surface area contributed by atoms with Crippen LogP contribution < -0.4 is 10.1 Å². The van der Waals surface area contributed by atoms with Crippen LogP contribution in [0.3, 0.4) is 0 Å². The molecule has 0 unspecified atom stereocenters. The van der Waals surface area contributed by atoms with Crippen molar-refractivity contribution in [3.63, 3.8) is 0 Å². The second-order valence-electron chi connectivity index (χ2n) is 6.77. The molecule has 11 heteroatoms. The van der Waals surface area contributed by atoms with Crippen LogP contribution in [0.4, 0.5) is 4.39 Å². The zero-order valence-corrected chi connectivity index (χ0v) is 16.5. The van der Waals surface area contributed by atoms with E-state index in [9.17, 15) is 14.6 Å². The number of nitrogens with one attached hydrogen (secondary N) is 1. The first kappa shape index (κ1) is 20.1. The van der Waals surface area contributed by atoms with Crippen molar-refractivity contribution in [1.82, 2.24) is 20.3 Å². The fraction of sp³-hybridized carbons (Fsp3) is 0.500. The minimum Gasteiger partial charge on any atom is -0.487 e. The van der Waals surface area contributed by atoms with Crippen molar-refractivity contribution in [1.29, 1.82) is 0 Å². The maximum absolute atomic E-state index is 13.2. The molecule has 2 aliphatic rings. The average molecular weight is 423 g/mol. The van der Waals surface area contributed by atoms with Gasteiger partial charge in [-0.15, -0.1) is 5.10 Å². The normalized spacial score (nSPS) is 30.2. The Kier molecular flexibility index (Phi) is 5.99. The second kappa shape index (κ2) is 8.66. The van der Waals surface area contributed by atoms with Crippen LogP contribution in [0.5, 0.6) is 5.75 Å². The summed E-state index contributed by atoms with van der Waals surface area (Å²) in [5.41, 5.74) is 0.204. The lowest BCUT2D eigenvalue weighted by molar-refractivity contribution is -0.160. The highest BCUT2D eigenvalue weighted by Crippen LogP contribution is 2.34. The number of benzene rings is 1. The van der Waals surface area contributed by atoms with E-state index < -0.39 is 24.4 Å². The molecule has 3 N–H and O–H groups in total. The van der Waals surface area contributed by atoms with E-state index in [1.54, 1.807) is 18.3 Å². The van der Waals surface area contributed by atoms with E-state index in [-0.39, 0.29) is 24.4 Å². The van der Waals surface area contributed by atoms with Gasteiger partial charge in [0.25, 0.3) is 0 Å². The summed E-state index contributed by atoms with van der Waals surface area (Å²) in [6, 6.07) is 5.43. The molecule has 2 aromatic rings. The number of fused-ring (bicyclic) bond motifs is 1. The first-order valence-electron chi connectivity index (χ1n) is 9.30. The summed E-state index contributed by atoms with van der Waals surface area (Å²) in [5, 5.41) is 32.8. The Morgan fingerprint density at radius 3 is 3.03 bits per heavy atom. The quantitative estimate of drug-likeness (QED) is 0.616. The SMILES string of the molecule is CCN=C1N[C@@H]2[C@@H](O)[C@H](O)[C@@H](Cn3cc(COc4cccc(F)c4)nn3)O[C@@H]2S1. The third-order valence-electron chi connectivity index (χ3n) is 4.66. The Morgan fingerprint density at radius 1 is 1.38 bits per heavy atom. The second-order valence-corrected chi connectivity index (χ2v) is 7.86. The topological polar surface area (TPSA) is 114 Å². The van der Waals surface area contributed by atoms with Gasteiger partial charge < -0.3 is 25.0 Å². The highest BCUT2D eigenvalue weighted by molar-refractivity contribution is 8.14. The summed E-state index contributed by atoms with van der Waals surface area (Å²) < 4.78 is 26.2. The van der Waals surface area contributed by atoms with Crippen molar-refractivity contribution in [2.75, 3.05) is 6.54 Å². The van der Waals surface area contributed by atoms with Crippen LogP contribution in [0.1, 0.15) is 12.6 Å². The van der Waals surface area contributed by atoms with E-state index in [1.807, 2.05) is 6.92 Å². The van der Waals surface area contributed by atoms with E-state index in [0.717, 1.165) is 0 Å². The number of aliphatic hydroxyl groups is 2. The fourth-order valence-electron chi connectivity index (χ4n) is 3.24. The Balaban J connectivity index is 1.36. The molecule has 0 aliphatic carbocycles. The number of thioether (sulfide) groups is 1. The van der Waals surface area contributed by atoms with Gasteiger partial charge in [0.05, 0.1) is 18.8 Å². The van der Waals surface area contributed by atoms with E-state index in [1.165, 1.54) is 28.6 Å². The van der Waals surface area contributed by atoms with Gasteiger partial charge in [-0.2, -0.15) is 0 Å². The molecule has 0 radical (unpaired) electrons. The number of hydrogen-bond acceptors (Lipinski definition) is 8. The highest BCUT2D eigenvalue weighted by Gasteiger charge is 2.49. The van der Waals surface area contributed by atoms with Crippen LogP contribution in [0.2, 0.25) is 0 Å². The first-order valence-corrected chi connectivity index (χ1v) is 10.2. The van der Waals surface area contributed by atoms with Gasteiger partial charge in [-0.1, -0.05) is 23.0 Å². The van der Waals surface area contributed by atoms with E-state index in [4.69, 9.17) is 9.47 Å². The molecule has 0 spiro atoms. The number of rotatable bonds is 6. The predicted octanol–water partition coefficient (Wildman–Crippen LogP) is 0.524. The largest absolute Gasteiger partial charge is 0.487 e. The minimum atomic E-state index is -1.08. The predicted molar refractivity (Wildman–Crippen MR) is 104 cm³/mol. The summed E-state index contributed by atoms with van der Waals surface area (Å²) in [5.74, 6) is 0.0212. The smallest absolute Gasteiger partial charge is 0.159 e. The lowest BCUT2D eigenvalue weighted by atomic mass is 9.98. The number of ether oxygens (including phenoxy) is 2. The van der Waals surface area contributed by atoms with Crippen molar-refractivity contribution >= 4 is 16.9 Å². The third kappa shape index (κ3) is 4.53. The molecule has 2 aliphatic heterocycles. The molecular formula is C18H22FN5O4S. The van der Waals surface area contributed by atoms with Crippen molar-refractivity contribution in [3.05, 3.63) is 42.0 Å². The molecule has 2 saturated heterocycles. The van der Waals surface area contributed by atoms with Gasteiger partial charge in [0.1, 0.15) is 47.6 Å². The van der Waals surface area contributed by atoms with Crippen LogP contribution in [0.25, 0.3) is 0 Å². The van der Waals surface area contributed by atoms with Crippen LogP contribution in [0.15, 0.2) is 35.5 Å². The minimum absolute atomic E-state index is 0.126. The highest BCUT2D eigenvalue weighted by atomic mass is 32.2. The molecule has 1 aromatic carbocycles. The van der Waals surface area contributed by atoms with Crippen molar-refractivity contribution in [2.45, 2.75) is 49.9 Å². The Bertz CT molecular complexity index is 881. The molecule has 2 fully saturated rings. The molecule has 3 heterocycles. The Morgan fingerprint density at radius 2 is 2.24 bits per heavy atom. The maximum Gasteiger partial charge on any atom is 0.159 e. The van der Waals surface area contributed by atoms with Gasteiger partial charge in [0, 0.05) is 12.6 Å². The maximum atomic E-state index is 13.2. The molecule has 5 atom stereocenters. The zero-order chi connectivity index (χ0) is 20.4. The lowest BCUT2D eigenvalue weighted by Gasteiger charge is -2.38. The van der Waals surface area contributed by atoms with Gasteiger partial charge in [-0.3, -0.25) is 4.99 Å². The summed E-state index contributed by atoms with van der Waals surface area (Å²) in [4.78, 5) is 4.30. The monoisotopic (exact) mass is 423 g/mol. The number of aliphatic imine (C=N–C) groups is 1. The molecule has 9 nitrogen and oxygen atoms in total. The van der Waals surface area contributed by atoms with Crippen LogP contribution in [0, 0.1) is 5.82 Å². The van der Waals surface area contributed by atoms with E-state index in [0.29, 0.717) is 23.2 Å². The third-order valence-corrected chi connectivity index (χ3v) is 5.76. The number of aromatic nitrogens is 3. The standard InChI is InChI=1S/C18H22FN5O4S/c1-2-20-18-21-14-16(26)15(25)13(28-17(14)29-18)8-24-7-11(22-23-24)9-27-12-5-3-4-10(19)6-12/h3-7,13-17,25-26H,2,8-9H2,1H3,(H,20,21)/t13-,14-,15-,16-,17-/m1/s1. The summed E-state index contributed by atoms with van der Waals surface area (Å²) in [6.45, 7) is 2.89. The first-order chi connectivity index (χ1) is 14.0. The van der Waals surface area contributed by atoms with Crippen molar-refractivity contribution < 1.29 is 24.1 Å². The van der Waals surface area contributed by atoms with Gasteiger partial charge in [0.15, 0.2) is 5.17 Å². The van der Waals surface area contributed by atoms with Crippen LogP contribution in [-0.4, -0.2) is 66.7 Å². The van der Waals surface area contributed by atoms with Crippen LogP contribution >= 0.6 is 11.8 Å². The number of amidine groups is 1. The van der Waals surface area contributed by atoms with Gasteiger partial charge in [-0.05, 0) is 19.1 Å². The van der Waals surface area contributed by atoms with Crippen LogP contribution in [-0.2, 0) is 17.9 Å². The lowest BCUT2D eigenvalue weighted by Crippen LogP contribution is -2.59. The molecule has 29 heavy (non-hydrogen) atoms. The van der Waals surface area contributed by atoms with Crippen molar-refractivity contribution in [3.8, 4) is 5.75 Å². The molecule has 156 valence electrons. The van der Waals surface area contributed by atoms with Gasteiger partial charge in [0.2, 0.25) is 0 Å². The molecule has 4 rings (SSSR count). The summed E-state index contributed by atoms with van der Waals surface area (Å²) in [6.07, 6.45) is -1.06. The molecule has 1 aromatic heterocycles. The van der Waals surface area contributed by atoms with Gasteiger partial charge >= 0.3 is 0 Å². The van der Waals surface area contributed by atoms with E-state index >= 15 is 0 Å². The van der Waals surface area contributed by atoms with Gasteiger partial charge in [-0.25, -0.2) is 9.07 Å². The van der Waals surface area contributed by atoms with Crippen molar-refractivity contribution in [2.24, 2.45) is 4.99 Å². The summed E-state index contributed by atoms with van der Waals surface area (Å²) >= 11 is 1.40. The molecule has 0 bridgehead atoms.